The number of fused-ring (bicyclic) bond motifs is 3. The van der Waals surface area contributed by atoms with Crippen molar-refractivity contribution < 1.29 is 4.79 Å². The molecule has 4 aromatic rings. The summed E-state index contributed by atoms with van der Waals surface area (Å²) in [6.45, 7) is 0. The molecule has 25 heavy (non-hydrogen) atoms. The highest BCUT2D eigenvalue weighted by Gasteiger charge is 2.10. The summed E-state index contributed by atoms with van der Waals surface area (Å²) >= 11 is 13.4. The molecule has 4 rings (SSSR count). The van der Waals surface area contributed by atoms with Crippen molar-refractivity contribution in [3.63, 3.8) is 0 Å². The number of carbonyl (C=O) groups excluding carboxylic acids is 1. The lowest BCUT2D eigenvalue weighted by atomic mass is 10.1. The van der Waals surface area contributed by atoms with E-state index in [2.05, 4.69) is 23.2 Å². The van der Waals surface area contributed by atoms with E-state index in [1.165, 1.54) is 11.3 Å². The van der Waals surface area contributed by atoms with E-state index in [0.717, 1.165) is 21.0 Å². The quantitative estimate of drug-likeness (QED) is 0.428. The molecule has 6 heteroatoms. The summed E-state index contributed by atoms with van der Waals surface area (Å²) in [4.78, 5) is 17.4. The molecule has 0 spiro atoms. The van der Waals surface area contributed by atoms with Crippen LogP contribution >= 0.6 is 34.5 Å². The van der Waals surface area contributed by atoms with Gasteiger partial charge in [0.15, 0.2) is 4.80 Å². The highest BCUT2D eigenvalue weighted by atomic mass is 35.5. The number of rotatable bonds is 1. The number of aromatic nitrogens is 1. The first-order chi connectivity index (χ1) is 12.0. The molecule has 0 bridgehead atoms. The zero-order valence-corrected chi connectivity index (χ0v) is 15.5. The van der Waals surface area contributed by atoms with Gasteiger partial charge in [-0.2, -0.15) is 4.99 Å². The van der Waals surface area contributed by atoms with Gasteiger partial charge in [-0.3, -0.25) is 4.79 Å². The van der Waals surface area contributed by atoms with Crippen LogP contribution in [-0.4, -0.2) is 10.5 Å². The molecule has 0 aliphatic heterocycles. The van der Waals surface area contributed by atoms with Crippen LogP contribution in [0.1, 0.15) is 10.4 Å². The molecule has 0 unspecified atom stereocenters. The van der Waals surface area contributed by atoms with Gasteiger partial charge in [0.05, 0.1) is 10.2 Å². The number of hydrogen-bond acceptors (Lipinski definition) is 2. The Labute approximate surface area is 157 Å². The molecule has 0 radical (unpaired) electrons. The Bertz CT molecular complexity index is 1190. The summed E-state index contributed by atoms with van der Waals surface area (Å²) in [6, 6.07) is 17.0. The van der Waals surface area contributed by atoms with Crippen LogP contribution in [-0.2, 0) is 7.05 Å². The predicted molar refractivity (Wildman–Crippen MR) is 105 cm³/mol. The van der Waals surface area contributed by atoms with E-state index >= 15 is 0 Å². The minimum absolute atomic E-state index is 0.365. The van der Waals surface area contributed by atoms with E-state index in [4.69, 9.17) is 23.2 Å². The van der Waals surface area contributed by atoms with Crippen LogP contribution in [0.15, 0.2) is 59.6 Å². The maximum absolute atomic E-state index is 12.5. The molecule has 3 nitrogen and oxygen atoms in total. The lowest BCUT2D eigenvalue weighted by Gasteiger charge is -2.00. The normalized spacial score (nSPS) is 12.2. The first-order valence-electron chi connectivity index (χ1n) is 7.55. The Morgan fingerprint density at radius 3 is 2.52 bits per heavy atom. The minimum atomic E-state index is -0.365. The fraction of sp³-hybridized carbons (Fsp3) is 0.0526. The van der Waals surface area contributed by atoms with Crippen molar-refractivity contribution in [3.05, 3.63) is 75.0 Å². The number of aryl methyl sites for hydroxylation is 1. The number of thiazole rings is 1. The monoisotopic (exact) mass is 386 g/mol. The van der Waals surface area contributed by atoms with E-state index in [0.29, 0.717) is 20.4 Å². The van der Waals surface area contributed by atoms with Crippen LogP contribution in [0.25, 0.3) is 21.0 Å². The fourth-order valence-electron chi connectivity index (χ4n) is 2.79. The summed E-state index contributed by atoms with van der Waals surface area (Å²) in [5, 5.41) is 3.15. The molecular weight excluding hydrogens is 375 g/mol. The molecule has 3 aromatic carbocycles. The van der Waals surface area contributed by atoms with Crippen molar-refractivity contribution in [1.82, 2.24) is 4.57 Å². The molecule has 0 fully saturated rings. The van der Waals surface area contributed by atoms with E-state index in [9.17, 15) is 4.79 Å². The zero-order chi connectivity index (χ0) is 17.6. The first-order valence-corrected chi connectivity index (χ1v) is 9.12. The second-order valence-electron chi connectivity index (χ2n) is 5.65. The molecule has 0 aliphatic rings. The van der Waals surface area contributed by atoms with E-state index < -0.39 is 0 Å². The Kier molecular flexibility index (Phi) is 4.12. The third-order valence-electron chi connectivity index (χ3n) is 4.01. The van der Waals surface area contributed by atoms with Gasteiger partial charge in [0.25, 0.3) is 5.91 Å². The van der Waals surface area contributed by atoms with Crippen molar-refractivity contribution in [2.24, 2.45) is 12.0 Å². The SMILES string of the molecule is Cn1c(=NC(=O)c2cc(Cl)cc(Cl)c2)sc2c3ccccc3ccc21. The number of carbonyl (C=O) groups is 1. The fourth-order valence-corrected chi connectivity index (χ4v) is 4.47. The minimum Gasteiger partial charge on any atom is -0.319 e. The second kappa shape index (κ2) is 6.30. The Morgan fingerprint density at radius 2 is 1.76 bits per heavy atom. The van der Waals surface area contributed by atoms with Crippen molar-refractivity contribution >= 4 is 61.4 Å². The van der Waals surface area contributed by atoms with Gasteiger partial charge < -0.3 is 4.57 Å². The first kappa shape index (κ1) is 16.3. The highest BCUT2D eigenvalue weighted by Crippen LogP contribution is 2.27. The molecule has 0 aliphatic carbocycles. The predicted octanol–water partition coefficient (Wildman–Crippen LogP) is 5.44. The van der Waals surface area contributed by atoms with Crippen LogP contribution < -0.4 is 4.80 Å². The molecule has 1 heterocycles. The van der Waals surface area contributed by atoms with Gasteiger partial charge in [-0.05, 0) is 29.7 Å². The Hall–Kier alpha value is -2.14. The van der Waals surface area contributed by atoms with E-state index in [1.807, 2.05) is 29.8 Å². The van der Waals surface area contributed by atoms with Gasteiger partial charge in [-0.15, -0.1) is 0 Å². The number of benzene rings is 3. The van der Waals surface area contributed by atoms with Crippen molar-refractivity contribution in [2.75, 3.05) is 0 Å². The largest absolute Gasteiger partial charge is 0.319 e. The van der Waals surface area contributed by atoms with Gasteiger partial charge in [0, 0.05) is 28.0 Å². The van der Waals surface area contributed by atoms with Gasteiger partial charge >= 0.3 is 0 Å². The smallest absolute Gasteiger partial charge is 0.279 e. The molecule has 0 saturated carbocycles. The van der Waals surface area contributed by atoms with Crippen LogP contribution in [0.4, 0.5) is 0 Å². The van der Waals surface area contributed by atoms with E-state index in [-0.39, 0.29) is 5.91 Å². The van der Waals surface area contributed by atoms with Gasteiger partial charge in [-0.1, -0.05) is 64.9 Å². The lowest BCUT2D eigenvalue weighted by molar-refractivity contribution is 0.0998. The highest BCUT2D eigenvalue weighted by molar-refractivity contribution is 7.17. The van der Waals surface area contributed by atoms with Crippen LogP contribution in [0.5, 0.6) is 0 Å². The Morgan fingerprint density at radius 1 is 1.04 bits per heavy atom. The van der Waals surface area contributed by atoms with Crippen LogP contribution in [0.3, 0.4) is 0 Å². The zero-order valence-electron chi connectivity index (χ0n) is 13.2. The molecule has 0 atom stereocenters. The lowest BCUT2D eigenvalue weighted by Crippen LogP contribution is -2.13. The molecule has 124 valence electrons. The number of halogens is 2. The van der Waals surface area contributed by atoms with Gasteiger partial charge in [0.1, 0.15) is 0 Å². The molecule has 0 saturated heterocycles. The Balaban J connectivity index is 1.91. The third kappa shape index (κ3) is 2.97. The molecule has 1 amide bonds. The third-order valence-corrected chi connectivity index (χ3v) is 5.62. The summed E-state index contributed by atoms with van der Waals surface area (Å²) in [5.74, 6) is -0.365. The molecule has 0 N–H and O–H groups in total. The molecule has 1 aromatic heterocycles. The maximum Gasteiger partial charge on any atom is 0.279 e. The van der Waals surface area contributed by atoms with Gasteiger partial charge in [0.2, 0.25) is 0 Å². The summed E-state index contributed by atoms with van der Waals surface area (Å²) in [7, 11) is 1.91. The number of amides is 1. The topological polar surface area (TPSA) is 34.4 Å². The van der Waals surface area contributed by atoms with E-state index in [1.54, 1.807) is 18.2 Å². The summed E-state index contributed by atoms with van der Waals surface area (Å²) in [6.07, 6.45) is 0. The maximum atomic E-state index is 12.5. The number of nitrogens with zero attached hydrogens (tertiary/aromatic N) is 2. The van der Waals surface area contributed by atoms with Crippen molar-refractivity contribution in [3.8, 4) is 0 Å². The second-order valence-corrected chi connectivity index (χ2v) is 7.50. The average Bonchev–Trinajstić information content (AvgIpc) is 2.90. The average molecular weight is 387 g/mol. The van der Waals surface area contributed by atoms with Crippen LogP contribution in [0, 0.1) is 0 Å². The van der Waals surface area contributed by atoms with Crippen molar-refractivity contribution in [2.45, 2.75) is 0 Å². The summed E-state index contributed by atoms with van der Waals surface area (Å²) in [5.41, 5.74) is 1.42. The molecular formula is C19H12Cl2N2OS. The standard InChI is InChI=1S/C19H12Cl2N2OS/c1-23-16-7-6-11-4-2-3-5-15(11)17(16)25-19(23)22-18(24)12-8-13(20)10-14(21)9-12/h2-10H,1H3. The van der Waals surface area contributed by atoms with Crippen LogP contribution in [0.2, 0.25) is 10.0 Å². The number of hydrogen-bond donors (Lipinski definition) is 0. The summed E-state index contributed by atoms with van der Waals surface area (Å²) < 4.78 is 3.03. The van der Waals surface area contributed by atoms with Crippen molar-refractivity contribution in [1.29, 1.82) is 0 Å². The van der Waals surface area contributed by atoms with Gasteiger partial charge in [-0.25, -0.2) is 0 Å².